The number of halogens is 8. The molecule has 48 heavy (non-hydrogen) atoms. The molecule has 0 unspecified atom stereocenters. The summed E-state index contributed by atoms with van der Waals surface area (Å²) >= 11 is 12.2. The molecule has 1 N–H and O–H groups in total. The monoisotopic (exact) mass is 757 g/mol. The molecule has 0 radical (unpaired) electrons. The highest BCUT2D eigenvalue weighted by molar-refractivity contribution is 7.85. The van der Waals surface area contributed by atoms with E-state index in [0.29, 0.717) is 47.6 Å². The quantitative estimate of drug-likeness (QED) is 0.0696. The number of fused-ring (bicyclic) bond motifs is 2. The van der Waals surface area contributed by atoms with Crippen molar-refractivity contribution in [2.45, 2.75) is 71.4 Å². The molecular formula is C31H37Cl2F6N4O3SSi+. The number of aryl methyl sites for hydroxylation is 1. The molecule has 17 heteroatoms. The molecule has 1 aromatic heterocycles. The fourth-order valence-electron chi connectivity index (χ4n) is 5.86. The Hall–Kier alpha value is -2.72. The van der Waals surface area contributed by atoms with E-state index in [0.717, 1.165) is 12.1 Å². The maximum absolute atomic E-state index is 13.9. The van der Waals surface area contributed by atoms with E-state index in [2.05, 4.69) is 19.6 Å². The van der Waals surface area contributed by atoms with Gasteiger partial charge in [0.1, 0.15) is 5.82 Å². The van der Waals surface area contributed by atoms with Gasteiger partial charge in [-0.25, -0.2) is 9.13 Å². The number of unbranched alkanes of at least 4 members (excludes halogenated alkanes) is 1. The van der Waals surface area contributed by atoms with Crippen molar-refractivity contribution < 1.29 is 43.9 Å². The Morgan fingerprint density at radius 1 is 0.875 bits per heavy atom. The second-order valence-corrected chi connectivity index (χ2v) is 20.5. The number of nitrogens with zero attached hydrogens (tertiary/aromatic N) is 4. The number of anilines is 2. The minimum absolute atomic E-state index is 0.0649. The van der Waals surface area contributed by atoms with Gasteiger partial charge in [-0.1, -0.05) is 48.9 Å². The van der Waals surface area contributed by atoms with E-state index in [1.54, 1.807) is 28.0 Å². The highest BCUT2D eigenvalue weighted by Gasteiger charge is 2.39. The number of allylic oxidation sites excluding steroid dienone is 2. The summed E-state index contributed by atoms with van der Waals surface area (Å²) in [7, 11) is -6.14. The standard InChI is InChI=1S/C31H36Cl2F6N4O3SSi/c1-6-40-26-17-22(32)20(30(34,35)36)15-24(26)42(13-8-9-14-47(44,45)46)28(40)11-10-12-29-41(7-2)27-18-23(33)21(31(37,38)39)16-25(27)43(29)19-48(3,4)5/h10-12,15-18H,6-9,13-14,19H2,1-5H3/p+1. The van der Waals surface area contributed by atoms with Gasteiger partial charge in [0, 0.05) is 31.3 Å². The lowest BCUT2D eigenvalue weighted by Gasteiger charge is -2.24. The van der Waals surface area contributed by atoms with E-state index < -0.39 is 57.5 Å². The summed E-state index contributed by atoms with van der Waals surface area (Å²) in [6.45, 7) is 10.9. The van der Waals surface area contributed by atoms with Crippen LogP contribution >= 0.6 is 23.2 Å². The molecule has 264 valence electrons. The molecule has 0 fully saturated rings. The van der Waals surface area contributed by atoms with Crippen LogP contribution < -0.4 is 14.4 Å². The molecule has 0 spiro atoms. The van der Waals surface area contributed by atoms with Crippen LogP contribution in [0.15, 0.2) is 42.2 Å². The van der Waals surface area contributed by atoms with Gasteiger partial charge >= 0.3 is 12.4 Å². The fraction of sp³-hybridized carbons (Fsp3) is 0.452. The normalized spacial score (nSPS) is 15.5. The van der Waals surface area contributed by atoms with Crippen molar-refractivity contribution >= 4 is 69.9 Å². The summed E-state index contributed by atoms with van der Waals surface area (Å²) in [5, 5.41) is -0.886. The van der Waals surface area contributed by atoms with Crippen LogP contribution in [0.5, 0.6) is 0 Å². The summed E-state index contributed by atoms with van der Waals surface area (Å²) < 4.78 is 119. The Labute approximate surface area is 286 Å². The largest absolute Gasteiger partial charge is 0.418 e. The van der Waals surface area contributed by atoms with Gasteiger partial charge in [0.05, 0.1) is 59.1 Å². The van der Waals surface area contributed by atoms with Crippen LogP contribution in [0.4, 0.5) is 37.7 Å². The maximum Gasteiger partial charge on any atom is 0.418 e. The van der Waals surface area contributed by atoms with Gasteiger partial charge in [-0.3, -0.25) is 4.55 Å². The van der Waals surface area contributed by atoms with Crippen LogP contribution in [0.3, 0.4) is 0 Å². The van der Waals surface area contributed by atoms with Crippen molar-refractivity contribution in [3.05, 3.63) is 69.2 Å². The van der Waals surface area contributed by atoms with E-state index in [1.165, 1.54) is 12.1 Å². The number of rotatable bonds is 11. The van der Waals surface area contributed by atoms with Crippen LogP contribution in [0.25, 0.3) is 17.1 Å². The van der Waals surface area contributed by atoms with Gasteiger partial charge in [0.25, 0.3) is 15.9 Å². The molecule has 2 aromatic carbocycles. The van der Waals surface area contributed by atoms with E-state index in [-0.39, 0.29) is 25.1 Å². The highest BCUT2D eigenvalue weighted by Crippen LogP contribution is 2.48. The molecule has 2 heterocycles. The van der Waals surface area contributed by atoms with Gasteiger partial charge in [0.2, 0.25) is 0 Å². The van der Waals surface area contributed by atoms with Crippen molar-refractivity contribution in [2.24, 2.45) is 0 Å². The van der Waals surface area contributed by atoms with Crippen molar-refractivity contribution in [1.29, 1.82) is 0 Å². The number of aromatic nitrogens is 2. The fourth-order valence-corrected chi connectivity index (χ4v) is 8.24. The Morgan fingerprint density at radius 3 is 2.00 bits per heavy atom. The topological polar surface area (TPSA) is 69.7 Å². The van der Waals surface area contributed by atoms with Crippen LogP contribution in [-0.4, -0.2) is 44.5 Å². The third-order valence-corrected chi connectivity index (χ3v) is 10.5. The first-order chi connectivity index (χ1) is 22.1. The predicted molar refractivity (Wildman–Crippen MR) is 181 cm³/mol. The van der Waals surface area contributed by atoms with Crippen molar-refractivity contribution in [3.8, 4) is 0 Å². The number of benzene rings is 2. The maximum atomic E-state index is 13.9. The smallest absolute Gasteiger partial charge is 0.326 e. The molecule has 1 aliphatic heterocycles. The molecule has 0 aliphatic carbocycles. The first-order valence-corrected chi connectivity index (χ1v) is 21.3. The van der Waals surface area contributed by atoms with Crippen LogP contribution in [0.2, 0.25) is 29.7 Å². The Balaban J connectivity index is 1.88. The van der Waals surface area contributed by atoms with Crippen molar-refractivity contribution in [1.82, 2.24) is 4.57 Å². The van der Waals surface area contributed by atoms with Gasteiger partial charge in [-0.2, -0.15) is 34.8 Å². The number of hydrogen-bond donors (Lipinski definition) is 1. The summed E-state index contributed by atoms with van der Waals surface area (Å²) in [6.07, 6.45) is -3.46. The number of alkyl halides is 6. The van der Waals surface area contributed by atoms with Gasteiger partial charge in [0.15, 0.2) is 11.0 Å². The molecule has 0 saturated heterocycles. The zero-order valence-corrected chi connectivity index (χ0v) is 30.3. The molecule has 1 aliphatic rings. The molecule has 0 saturated carbocycles. The lowest BCUT2D eigenvalue weighted by atomic mass is 10.1. The highest BCUT2D eigenvalue weighted by atomic mass is 35.5. The van der Waals surface area contributed by atoms with Crippen LogP contribution in [-0.2, 0) is 35.2 Å². The molecule has 4 rings (SSSR count). The summed E-state index contributed by atoms with van der Waals surface area (Å²) in [6, 6.07) is 4.61. The molecule has 0 atom stereocenters. The van der Waals surface area contributed by atoms with Gasteiger partial charge in [-0.15, -0.1) is 0 Å². The lowest BCUT2D eigenvalue weighted by Crippen LogP contribution is -2.47. The third-order valence-electron chi connectivity index (χ3n) is 7.80. The zero-order chi connectivity index (χ0) is 36.0. The van der Waals surface area contributed by atoms with Gasteiger partial charge < -0.3 is 9.80 Å². The predicted octanol–water partition coefficient (Wildman–Crippen LogP) is 9.04. The Bertz CT molecular complexity index is 1870. The number of hydrogen-bond acceptors (Lipinski definition) is 4. The number of imidazole rings is 1. The summed E-state index contributed by atoms with van der Waals surface area (Å²) in [5.41, 5.74) is -0.395. The van der Waals surface area contributed by atoms with Crippen LogP contribution in [0, 0.1) is 0 Å². The minimum Gasteiger partial charge on any atom is -0.326 e. The second kappa shape index (κ2) is 13.9. The molecule has 7 nitrogen and oxygen atoms in total. The van der Waals surface area contributed by atoms with E-state index in [9.17, 15) is 34.8 Å². The van der Waals surface area contributed by atoms with Gasteiger partial charge in [-0.05, 0) is 44.9 Å². The second-order valence-electron chi connectivity index (χ2n) is 12.7. The zero-order valence-electron chi connectivity index (χ0n) is 27.0. The Morgan fingerprint density at radius 2 is 1.46 bits per heavy atom. The van der Waals surface area contributed by atoms with E-state index in [4.69, 9.17) is 27.8 Å². The molecule has 0 amide bonds. The van der Waals surface area contributed by atoms with E-state index in [1.807, 2.05) is 23.0 Å². The average molecular weight is 759 g/mol. The SMILES string of the molecule is CCN1/C(=C\C=C\c2n(CC)c3cc(Cl)c(C(F)(F)F)cc3[n+]2C[Si](C)(C)C)N(CCCCS(=O)(=O)O)c2cc(C(F)(F)F)c(Cl)cc21. The minimum atomic E-state index is -4.72. The average Bonchev–Trinajstić information content (AvgIpc) is 3.37. The van der Waals surface area contributed by atoms with E-state index >= 15 is 0 Å². The molecule has 3 aromatic rings. The third kappa shape index (κ3) is 8.34. The summed E-state index contributed by atoms with van der Waals surface area (Å²) in [4.78, 5) is 3.41. The first kappa shape index (κ1) is 38.1. The van der Waals surface area contributed by atoms with Crippen LogP contribution in [0.1, 0.15) is 43.6 Å². The first-order valence-electron chi connectivity index (χ1n) is 15.2. The lowest BCUT2D eigenvalue weighted by molar-refractivity contribution is -0.657. The summed E-state index contributed by atoms with van der Waals surface area (Å²) in [5.74, 6) is 0.601. The molecular weight excluding hydrogens is 721 g/mol. The Kier molecular flexibility index (Phi) is 11.0. The van der Waals surface area contributed by atoms with Crippen molar-refractivity contribution in [2.75, 3.05) is 28.6 Å². The molecule has 0 bridgehead atoms. The van der Waals surface area contributed by atoms with Crippen molar-refractivity contribution in [3.63, 3.8) is 0 Å².